The normalized spacial score (nSPS) is 13.4. The van der Waals surface area contributed by atoms with Gasteiger partial charge in [0.1, 0.15) is 5.82 Å². The Kier molecular flexibility index (Phi) is 4.62. The highest BCUT2D eigenvalue weighted by atomic mass is 35.5. The molecule has 1 aromatic heterocycles. The number of likely N-dealkylation sites (N-methyl/N-ethyl adjacent to an activating group) is 1. The van der Waals surface area contributed by atoms with Crippen LogP contribution in [0.5, 0.6) is 0 Å². The molecule has 0 radical (unpaired) electrons. The number of alkyl halides is 1. The Morgan fingerprint density at radius 1 is 1.26 bits per heavy atom. The minimum Gasteiger partial charge on any atom is -0.325 e. The third-order valence-electron chi connectivity index (χ3n) is 2.95. The van der Waals surface area contributed by atoms with Gasteiger partial charge in [-0.15, -0.1) is 11.6 Å². The molecule has 0 saturated heterocycles. The summed E-state index contributed by atoms with van der Waals surface area (Å²) in [7, 11) is 4.07. The Bertz CT molecular complexity index is 590. The van der Waals surface area contributed by atoms with E-state index in [1.807, 2.05) is 27.1 Å². The van der Waals surface area contributed by atoms with E-state index in [1.54, 1.807) is 6.07 Å². The molecule has 2 aromatic rings. The van der Waals surface area contributed by atoms with Crippen LogP contribution < -0.4 is 0 Å². The fourth-order valence-corrected chi connectivity index (χ4v) is 2.46. The highest BCUT2D eigenvalue weighted by Gasteiger charge is 2.16. The van der Waals surface area contributed by atoms with E-state index in [4.69, 9.17) is 34.8 Å². The zero-order valence-electron chi connectivity index (χ0n) is 11.1. The van der Waals surface area contributed by atoms with Gasteiger partial charge < -0.3 is 9.47 Å². The Balaban J connectivity index is 2.55. The number of nitrogens with zero attached hydrogens (tertiary/aromatic N) is 3. The summed E-state index contributed by atoms with van der Waals surface area (Å²) in [5.41, 5.74) is 1.80. The van der Waals surface area contributed by atoms with Gasteiger partial charge in [-0.2, -0.15) is 0 Å². The zero-order chi connectivity index (χ0) is 14.2. The molecule has 0 spiro atoms. The van der Waals surface area contributed by atoms with Crippen molar-refractivity contribution < 1.29 is 0 Å². The van der Waals surface area contributed by atoms with Crippen molar-refractivity contribution in [1.82, 2.24) is 14.5 Å². The first-order valence-electron chi connectivity index (χ1n) is 6.04. The number of halogens is 3. The molecular weight excluding hydrogens is 305 g/mol. The molecule has 0 bridgehead atoms. The number of rotatable bonds is 4. The van der Waals surface area contributed by atoms with Crippen molar-refractivity contribution >= 4 is 45.8 Å². The monoisotopic (exact) mass is 319 g/mol. The maximum Gasteiger partial charge on any atom is 0.127 e. The lowest BCUT2D eigenvalue weighted by Gasteiger charge is -2.14. The summed E-state index contributed by atoms with van der Waals surface area (Å²) in [6.07, 6.45) is 0. The molecule has 2 rings (SSSR count). The molecule has 0 aliphatic heterocycles. The van der Waals surface area contributed by atoms with Crippen LogP contribution >= 0.6 is 34.8 Å². The minimum atomic E-state index is -0.160. The van der Waals surface area contributed by atoms with Crippen LogP contribution in [-0.4, -0.2) is 35.1 Å². The van der Waals surface area contributed by atoms with Crippen molar-refractivity contribution in [3.63, 3.8) is 0 Å². The number of hydrogen-bond donors (Lipinski definition) is 0. The van der Waals surface area contributed by atoms with Gasteiger partial charge in [0.25, 0.3) is 0 Å². The molecule has 6 heteroatoms. The summed E-state index contributed by atoms with van der Waals surface area (Å²) in [6, 6.07) is 3.64. The van der Waals surface area contributed by atoms with Gasteiger partial charge in [0.2, 0.25) is 0 Å². The predicted octanol–water partition coefficient (Wildman–Crippen LogP) is 4.20. The van der Waals surface area contributed by atoms with Crippen molar-refractivity contribution in [2.24, 2.45) is 0 Å². The molecule has 0 amide bonds. The third kappa shape index (κ3) is 3.16. The van der Waals surface area contributed by atoms with Crippen molar-refractivity contribution in [1.29, 1.82) is 0 Å². The molecule has 0 fully saturated rings. The molecule has 19 heavy (non-hydrogen) atoms. The molecule has 1 heterocycles. The second-order valence-corrected chi connectivity index (χ2v) is 6.27. The molecule has 1 unspecified atom stereocenters. The molecule has 1 aromatic carbocycles. The first kappa shape index (κ1) is 14.9. The van der Waals surface area contributed by atoms with Crippen molar-refractivity contribution in [2.45, 2.75) is 18.8 Å². The Morgan fingerprint density at radius 2 is 1.89 bits per heavy atom. The third-order valence-corrected chi connectivity index (χ3v) is 3.86. The van der Waals surface area contributed by atoms with Gasteiger partial charge >= 0.3 is 0 Å². The molecule has 1 atom stereocenters. The van der Waals surface area contributed by atoms with E-state index >= 15 is 0 Å². The summed E-state index contributed by atoms with van der Waals surface area (Å²) in [4.78, 5) is 6.68. The van der Waals surface area contributed by atoms with E-state index < -0.39 is 0 Å². The maximum atomic E-state index is 6.21. The molecule has 104 valence electrons. The minimum absolute atomic E-state index is 0.160. The van der Waals surface area contributed by atoms with E-state index in [0.717, 1.165) is 29.9 Å². The van der Waals surface area contributed by atoms with Crippen LogP contribution in [0.4, 0.5) is 0 Å². The maximum absolute atomic E-state index is 6.21. The number of aromatic nitrogens is 2. The number of benzene rings is 1. The standard InChI is InChI=1S/C13H16Cl3N3/c1-8(14)13-17-11-6-9(15)10(16)7-12(11)19(13)5-4-18(2)3/h6-8H,4-5H2,1-3H3. The van der Waals surface area contributed by atoms with Crippen LogP contribution in [0.3, 0.4) is 0 Å². The number of hydrogen-bond acceptors (Lipinski definition) is 2. The number of imidazole rings is 1. The second-order valence-electron chi connectivity index (χ2n) is 4.80. The zero-order valence-corrected chi connectivity index (χ0v) is 13.4. The average Bonchev–Trinajstić information content (AvgIpc) is 2.65. The van der Waals surface area contributed by atoms with Crippen molar-refractivity contribution in [3.8, 4) is 0 Å². The van der Waals surface area contributed by atoms with Gasteiger partial charge in [0.15, 0.2) is 0 Å². The molecule has 3 nitrogen and oxygen atoms in total. The van der Waals surface area contributed by atoms with E-state index in [-0.39, 0.29) is 5.38 Å². The first-order chi connectivity index (χ1) is 8.90. The lowest BCUT2D eigenvalue weighted by Crippen LogP contribution is -2.19. The molecule has 0 aliphatic carbocycles. The first-order valence-corrected chi connectivity index (χ1v) is 7.23. The van der Waals surface area contributed by atoms with Crippen LogP contribution in [0.2, 0.25) is 10.0 Å². The van der Waals surface area contributed by atoms with E-state index in [1.165, 1.54) is 0 Å². The highest BCUT2D eigenvalue weighted by Crippen LogP contribution is 2.31. The topological polar surface area (TPSA) is 21.1 Å². The van der Waals surface area contributed by atoms with Crippen LogP contribution in [0.25, 0.3) is 11.0 Å². The second kappa shape index (κ2) is 5.88. The lowest BCUT2D eigenvalue weighted by atomic mass is 10.3. The van der Waals surface area contributed by atoms with Crippen LogP contribution in [-0.2, 0) is 6.54 Å². The Hall–Kier alpha value is -0.480. The van der Waals surface area contributed by atoms with Gasteiger partial charge in [-0.1, -0.05) is 23.2 Å². The predicted molar refractivity (Wildman–Crippen MR) is 82.6 cm³/mol. The number of fused-ring (bicyclic) bond motifs is 1. The summed E-state index contributed by atoms with van der Waals surface area (Å²) in [5.74, 6) is 0.844. The summed E-state index contributed by atoms with van der Waals surface area (Å²) in [6.45, 7) is 3.63. The molecule has 0 saturated carbocycles. The van der Waals surface area contributed by atoms with Crippen LogP contribution in [0.1, 0.15) is 18.1 Å². The van der Waals surface area contributed by atoms with Crippen LogP contribution in [0, 0.1) is 0 Å². The fraction of sp³-hybridized carbons (Fsp3) is 0.462. The van der Waals surface area contributed by atoms with E-state index in [0.29, 0.717) is 10.0 Å². The van der Waals surface area contributed by atoms with Crippen molar-refractivity contribution in [2.75, 3.05) is 20.6 Å². The average molecular weight is 321 g/mol. The van der Waals surface area contributed by atoms with Gasteiger partial charge in [-0.25, -0.2) is 4.98 Å². The lowest BCUT2D eigenvalue weighted by molar-refractivity contribution is 0.383. The van der Waals surface area contributed by atoms with E-state index in [9.17, 15) is 0 Å². The summed E-state index contributed by atoms with van der Waals surface area (Å²) < 4.78 is 2.11. The Morgan fingerprint density at radius 3 is 2.47 bits per heavy atom. The van der Waals surface area contributed by atoms with Gasteiger partial charge in [-0.3, -0.25) is 0 Å². The SMILES string of the molecule is CC(Cl)c1nc2cc(Cl)c(Cl)cc2n1CCN(C)C. The quantitative estimate of drug-likeness (QED) is 0.787. The smallest absolute Gasteiger partial charge is 0.127 e. The van der Waals surface area contributed by atoms with Gasteiger partial charge in [0, 0.05) is 13.1 Å². The van der Waals surface area contributed by atoms with Crippen LogP contribution in [0.15, 0.2) is 12.1 Å². The Labute approximate surface area is 128 Å². The molecule has 0 N–H and O–H groups in total. The van der Waals surface area contributed by atoms with E-state index in [2.05, 4.69) is 14.5 Å². The van der Waals surface area contributed by atoms with Crippen molar-refractivity contribution in [3.05, 3.63) is 28.0 Å². The summed E-state index contributed by atoms with van der Waals surface area (Å²) in [5, 5.41) is 0.890. The molecule has 0 aliphatic rings. The summed E-state index contributed by atoms with van der Waals surface area (Å²) >= 11 is 18.3. The van der Waals surface area contributed by atoms with Gasteiger partial charge in [-0.05, 0) is 33.2 Å². The largest absolute Gasteiger partial charge is 0.325 e. The highest BCUT2D eigenvalue weighted by molar-refractivity contribution is 6.42. The van der Waals surface area contributed by atoms with Gasteiger partial charge in [0.05, 0.1) is 26.5 Å². The fourth-order valence-electron chi connectivity index (χ4n) is 1.98. The molecular formula is C13H16Cl3N3.